The molecule has 0 radical (unpaired) electrons. The van der Waals surface area contributed by atoms with Gasteiger partial charge in [0.25, 0.3) is 0 Å². The summed E-state index contributed by atoms with van der Waals surface area (Å²) in [7, 11) is -2.22. The molecule has 8 heteroatoms. The van der Waals surface area contributed by atoms with Crippen LogP contribution in [0.3, 0.4) is 0 Å². The summed E-state index contributed by atoms with van der Waals surface area (Å²) in [6, 6.07) is 18.6. The predicted molar refractivity (Wildman–Crippen MR) is 141 cm³/mol. The Labute approximate surface area is 210 Å². The highest BCUT2D eigenvalue weighted by molar-refractivity contribution is 7.92. The van der Waals surface area contributed by atoms with Crippen LogP contribution < -0.4 is 4.74 Å². The Morgan fingerprint density at radius 1 is 1.17 bits per heavy atom. The summed E-state index contributed by atoms with van der Waals surface area (Å²) < 4.78 is 32.7. The summed E-state index contributed by atoms with van der Waals surface area (Å²) in [5.41, 5.74) is 2.81. The molecule has 0 saturated carbocycles. The first-order valence-corrected chi connectivity index (χ1v) is 13.6. The van der Waals surface area contributed by atoms with Crippen LogP contribution in [0.1, 0.15) is 27.6 Å². The zero-order valence-corrected chi connectivity index (χ0v) is 21.2. The number of hydrogen-bond acceptors (Lipinski definition) is 5. The number of carbonyl (C=O) groups is 1. The molecule has 1 aliphatic rings. The van der Waals surface area contributed by atoms with Gasteiger partial charge in [-0.1, -0.05) is 48.5 Å². The first kappa shape index (κ1) is 24.9. The summed E-state index contributed by atoms with van der Waals surface area (Å²) in [5, 5.41) is 3.19. The van der Waals surface area contributed by atoms with Gasteiger partial charge in [-0.15, -0.1) is 17.9 Å². The van der Waals surface area contributed by atoms with Gasteiger partial charge in [0.1, 0.15) is 5.75 Å². The second kappa shape index (κ2) is 11.0. The van der Waals surface area contributed by atoms with Gasteiger partial charge in [0, 0.05) is 23.4 Å². The van der Waals surface area contributed by atoms with Gasteiger partial charge in [-0.2, -0.15) is 4.31 Å². The lowest BCUT2D eigenvalue weighted by molar-refractivity contribution is -0.133. The van der Waals surface area contributed by atoms with Crippen LogP contribution in [0, 0.1) is 0 Å². The average molecular weight is 509 g/mol. The summed E-state index contributed by atoms with van der Waals surface area (Å²) in [6.45, 7) is 3.98. The Hall–Kier alpha value is -3.20. The highest BCUT2D eigenvalue weighted by Gasteiger charge is 2.34. The third-order valence-electron chi connectivity index (χ3n) is 5.95. The molecule has 0 spiro atoms. The van der Waals surface area contributed by atoms with Gasteiger partial charge in [-0.05, 0) is 52.8 Å². The smallest absolute Gasteiger partial charge is 0.238 e. The molecule has 6 nitrogen and oxygen atoms in total. The van der Waals surface area contributed by atoms with Gasteiger partial charge in [-0.25, -0.2) is 8.42 Å². The van der Waals surface area contributed by atoms with E-state index in [0.717, 1.165) is 38.6 Å². The number of benzene rings is 2. The van der Waals surface area contributed by atoms with E-state index in [1.807, 2.05) is 60.0 Å². The molecule has 0 aliphatic carbocycles. The molecule has 0 saturated heterocycles. The molecule has 3 aromatic rings. The van der Waals surface area contributed by atoms with E-state index in [2.05, 4.69) is 12.6 Å². The van der Waals surface area contributed by atoms with Gasteiger partial charge < -0.3 is 9.64 Å². The normalized spacial score (nSPS) is 15.8. The minimum Gasteiger partial charge on any atom is -0.497 e. The third-order valence-corrected chi connectivity index (χ3v) is 8.43. The summed E-state index contributed by atoms with van der Waals surface area (Å²) in [4.78, 5) is 16.6. The molecule has 1 atom stereocenters. The van der Waals surface area contributed by atoms with E-state index in [-0.39, 0.29) is 25.0 Å². The Kier molecular flexibility index (Phi) is 7.85. The van der Waals surface area contributed by atoms with Crippen LogP contribution in [0.4, 0.5) is 0 Å². The molecule has 2 heterocycles. The first-order chi connectivity index (χ1) is 16.9. The zero-order valence-electron chi connectivity index (χ0n) is 19.5. The molecule has 0 bridgehead atoms. The quantitative estimate of drug-likeness (QED) is 0.392. The standard InChI is InChI=1S/C27H28N2O4S2/c1-3-16-28(35(31,32)19-15-21-7-5-4-6-8-21)20-26(30)29-17-13-25-24(14-18-34-25)27(29)22-9-11-23(33-2)12-10-22/h3-12,14-15,18-19,27H,1,13,16-17,20H2,2H3/b19-15+. The van der Waals surface area contributed by atoms with E-state index >= 15 is 0 Å². The maximum atomic E-state index is 13.6. The van der Waals surface area contributed by atoms with Crippen LogP contribution >= 0.6 is 11.3 Å². The van der Waals surface area contributed by atoms with E-state index in [9.17, 15) is 13.2 Å². The number of methoxy groups -OCH3 is 1. The Balaban J connectivity index is 1.60. The zero-order chi connectivity index (χ0) is 24.8. The highest BCUT2D eigenvalue weighted by Crippen LogP contribution is 2.38. The van der Waals surface area contributed by atoms with Gasteiger partial charge in [0.05, 0.1) is 19.7 Å². The lowest BCUT2D eigenvalue weighted by Gasteiger charge is -2.37. The number of nitrogens with zero attached hydrogens (tertiary/aromatic N) is 2. The fourth-order valence-corrected chi connectivity index (χ4v) is 6.20. The second-order valence-electron chi connectivity index (χ2n) is 8.15. The highest BCUT2D eigenvalue weighted by atomic mass is 32.2. The monoisotopic (exact) mass is 508 g/mol. The Bertz CT molecular complexity index is 1300. The lowest BCUT2D eigenvalue weighted by Crippen LogP contribution is -2.46. The molecular formula is C27H28N2O4S2. The fraction of sp³-hybridized carbons (Fsp3) is 0.222. The first-order valence-electron chi connectivity index (χ1n) is 11.3. The maximum Gasteiger partial charge on any atom is 0.238 e. The van der Waals surface area contributed by atoms with Crippen LogP contribution in [0.15, 0.2) is 84.1 Å². The number of fused-ring (bicyclic) bond motifs is 1. The van der Waals surface area contributed by atoms with Gasteiger partial charge in [0.15, 0.2) is 0 Å². The van der Waals surface area contributed by atoms with E-state index in [1.165, 1.54) is 17.0 Å². The SMILES string of the molecule is C=CCN(CC(=O)N1CCc2sccc2C1c1ccc(OC)cc1)S(=O)(=O)/C=C/c1ccccc1. The Morgan fingerprint density at radius 3 is 2.60 bits per heavy atom. The number of carbonyl (C=O) groups excluding carboxylic acids is 1. The van der Waals surface area contributed by atoms with E-state index in [4.69, 9.17) is 4.74 Å². The predicted octanol–water partition coefficient (Wildman–Crippen LogP) is 4.72. The average Bonchev–Trinajstić information content (AvgIpc) is 3.36. The van der Waals surface area contributed by atoms with Gasteiger partial charge in [0.2, 0.25) is 15.9 Å². The fourth-order valence-electron chi connectivity index (χ4n) is 4.19. The molecule has 4 rings (SSSR count). The molecule has 1 amide bonds. The van der Waals surface area contributed by atoms with Crippen LogP contribution in [0.5, 0.6) is 5.75 Å². The number of hydrogen-bond donors (Lipinski definition) is 0. The van der Waals surface area contributed by atoms with Crippen molar-refractivity contribution in [2.75, 3.05) is 26.7 Å². The van der Waals surface area contributed by atoms with Crippen molar-refractivity contribution in [3.8, 4) is 5.75 Å². The largest absolute Gasteiger partial charge is 0.497 e. The lowest BCUT2D eigenvalue weighted by atomic mass is 9.93. The van der Waals surface area contributed by atoms with Crippen LogP contribution in [0.25, 0.3) is 6.08 Å². The van der Waals surface area contributed by atoms with E-state index in [0.29, 0.717) is 6.54 Å². The maximum absolute atomic E-state index is 13.6. The molecule has 2 aromatic carbocycles. The third kappa shape index (κ3) is 5.73. The minimum absolute atomic E-state index is 0.0396. The number of amides is 1. The van der Waals surface area contributed by atoms with Crippen LogP contribution in [-0.2, 0) is 21.2 Å². The molecule has 0 fully saturated rings. The van der Waals surface area contributed by atoms with Gasteiger partial charge >= 0.3 is 0 Å². The topological polar surface area (TPSA) is 66.9 Å². The van der Waals surface area contributed by atoms with Crippen molar-refractivity contribution in [1.29, 1.82) is 0 Å². The number of ether oxygens (including phenoxy) is 1. The van der Waals surface area contributed by atoms with Crippen LogP contribution in [0.2, 0.25) is 0 Å². The van der Waals surface area contributed by atoms with Crippen molar-refractivity contribution in [3.05, 3.63) is 106 Å². The minimum atomic E-state index is -3.84. The van der Waals surface area contributed by atoms with Gasteiger partial charge in [-0.3, -0.25) is 4.79 Å². The molecule has 35 heavy (non-hydrogen) atoms. The molecule has 1 aromatic heterocycles. The number of thiophene rings is 1. The summed E-state index contributed by atoms with van der Waals surface area (Å²) >= 11 is 1.68. The Morgan fingerprint density at radius 2 is 1.91 bits per heavy atom. The second-order valence-corrected chi connectivity index (χ2v) is 11.0. The van der Waals surface area contributed by atoms with E-state index < -0.39 is 10.0 Å². The molecule has 1 aliphatic heterocycles. The summed E-state index contributed by atoms with van der Waals surface area (Å²) in [5.74, 6) is 0.489. The number of rotatable bonds is 9. The van der Waals surface area contributed by atoms with Crippen molar-refractivity contribution in [1.82, 2.24) is 9.21 Å². The number of sulfonamides is 1. The van der Waals surface area contributed by atoms with Crippen molar-refractivity contribution in [2.24, 2.45) is 0 Å². The molecular weight excluding hydrogens is 480 g/mol. The van der Waals surface area contributed by atoms with Crippen molar-refractivity contribution in [2.45, 2.75) is 12.5 Å². The molecule has 182 valence electrons. The summed E-state index contributed by atoms with van der Waals surface area (Å²) in [6.07, 6.45) is 3.78. The molecule has 1 unspecified atom stereocenters. The van der Waals surface area contributed by atoms with Crippen molar-refractivity contribution >= 4 is 33.3 Å². The van der Waals surface area contributed by atoms with Crippen molar-refractivity contribution in [3.63, 3.8) is 0 Å². The van der Waals surface area contributed by atoms with Crippen LogP contribution in [-0.4, -0.2) is 50.3 Å². The van der Waals surface area contributed by atoms with E-state index in [1.54, 1.807) is 23.3 Å². The van der Waals surface area contributed by atoms with Crippen molar-refractivity contribution < 1.29 is 17.9 Å². The molecule has 0 N–H and O–H groups in total.